The third-order valence-electron chi connectivity index (χ3n) is 14.0. The summed E-state index contributed by atoms with van der Waals surface area (Å²) in [7, 11) is 0. The Morgan fingerprint density at radius 1 is 0.549 bits per heavy atom. The molecule has 1 rings (SSSR count). The van der Waals surface area contributed by atoms with Crippen molar-refractivity contribution >= 4 is 11.9 Å². The fourth-order valence-corrected chi connectivity index (χ4v) is 9.27. The average Bonchev–Trinajstić information content (AvgIpc) is 3.37. The number of carbonyl (C=O) groups is 2. The molecular weight excluding hydrogens is 895 g/mol. The van der Waals surface area contributed by atoms with Crippen LogP contribution in [0.15, 0.2) is 36.5 Å². The maximum Gasteiger partial charge on any atom is 0.306 e. The number of aliphatic hydroxyl groups excluding tert-OH is 5. The van der Waals surface area contributed by atoms with Crippen molar-refractivity contribution in [3.05, 3.63) is 36.5 Å². The summed E-state index contributed by atoms with van der Waals surface area (Å²) in [4.78, 5) is 26.5. The molecule has 1 aliphatic heterocycles. The van der Waals surface area contributed by atoms with Crippen LogP contribution < -0.4 is 5.32 Å². The molecule has 0 aromatic heterocycles. The van der Waals surface area contributed by atoms with Gasteiger partial charge in [0, 0.05) is 6.42 Å². The van der Waals surface area contributed by atoms with Crippen molar-refractivity contribution in [1.29, 1.82) is 0 Å². The summed E-state index contributed by atoms with van der Waals surface area (Å²) in [5, 5.41) is 56.8. The summed E-state index contributed by atoms with van der Waals surface area (Å²) in [6.07, 6.45) is 46.1. The Labute approximate surface area is 434 Å². The fourth-order valence-electron chi connectivity index (χ4n) is 9.27. The van der Waals surface area contributed by atoms with E-state index in [0.29, 0.717) is 12.8 Å². The number of allylic oxidation sites excluding steroid dienone is 5. The van der Waals surface area contributed by atoms with Gasteiger partial charge in [0.05, 0.1) is 25.4 Å². The minimum absolute atomic E-state index is 0.127. The van der Waals surface area contributed by atoms with E-state index in [1.165, 1.54) is 154 Å². The van der Waals surface area contributed by atoms with Crippen LogP contribution in [0.25, 0.3) is 0 Å². The number of esters is 1. The monoisotopic (exact) mass is 1010 g/mol. The van der Waals surface area contributed by atoms with Gasteiger partial charge in [0.15, 0.2) is 12.4 Å². The molecule has 0 radical (unpaired) electrons. The maximum atomic E-state index is 13.4. The molecule has 0 bridgehead atoms. The van der Waals surface area contributed by atoms with E-state index in [4.69, 9.17) is 14.2 Å². The first kappa shape index (κ1) is 66.9. The van der Waals surface area contributed by atoms with Gasteiger partial charge in [0.2, 0.25) is 5.91 Å². The molecule has 1 saturated heterocycles. The van der Waals surface area contributed by atoms with Crippen LogP contribution in [0.5, 0.6) is 0 Å². The third-order valence-corrected chi connectivity index (χ3v) is 14.0. The lowest BCUT2D eigenvalue weighted by Gasteiger charge is -2.41. The van der Waals surface area contributed by atoms with Gasteiger partial charge in [-0.2, -0.15) is 0 Å². The van der Waals surface area contributed by atoms with Gasteiger partial charge in [0.25, 0.3) is 0 Å². The summed E-state index contributed by atoms with van der Waals surface area (Å²) >= 11 is 0. The molecule has 1 fully saturated rings. The van der Waals surface area contributed by atoms with Gasteiger partial charge in [-0.3, -0.25) is 9.59 Å². The zero-order valence-electron chi connectivity index (χ0n) is 45.9. The number of hydrogen-bond donors (Lipinski definition) is 6. The minimum Gasteiger partial charge on any atom is -0.454 e. The van der Waals surface area contributed by atoms with Crippen LogP contribution in [0.4, 0.5) is 0 Å². The molecule has 0 spiro atoms. The van der Waals surface area contributed by atoms with Crippen molar-refractivity contribution in [2.24, 2.45) is 0 Å². The van der Waals surface area contributed by atoms with E-state index in [2.05, 4.69) is 50.4 Å². The van der Waals surface area contributed by atoms with Crippen LogP contribution in [0, 0.1) is 0 Å². The fraction of sp³-hybridized carbons (Fsp3) is 0.867. The third kappa shape index (κ3) is 37.3. The van der Waals surface area contributed by atoms with Crippen molar-refractivity contribution in [2.45, 2.75) is 320 Å². The molecule has 0 aromatic carbocycles. The molecule has 0 aromatic rings. The maximum absolute atomic E-state index is 13.4. The first-order chi connectivity index (χ1) is 34.7. The molecule has 1 aliphatic rings. The van der Waals surface area contributed by atoms with E-state index < -0.39 is 67.4 Å². The Kier molecular flexibility index (Phi) is 46.0. The number of amides is 1. The summed E-state index contributed by atoms with van der Waals surface area (Å²) in [5.74, 6) is -1.19. The van der Waals surface area contributed by atoms with Gasteiger partial charge in [-0.25, -0.2) is 0 Å². The van der Waals surface area contributed by atoms with E-state index in [0.717, 1.165) is 70.6 Å². The molecule has 71 heavy (non-hydrogen) atoms. The predicted octanol–water partition coefficient (Wildman–Crippen LogP) is 13.5. The zero-order chi connectivity index (χ0) is 51.8. The number of unbranched alkanes of at least 4 members (excludes halogenated alkanes) is 32. The molecule has 11 nitrogen and oxygen atoms in total. The van der Waals surface area contributed by atoms with Crippen LogP contribution in [-0.2, 0) is 23.8 Å². The quantitative estimate of drug-likeness (QED) is 0.0195. The second-order valence-electron chi connectivity index (χ2n) is 20.7. The molecular formula is C60H111NO10. The number of aliphatic hydroxyl groups is 5. The van der Waals surface area contributed by atoms with Crippen molar-refractivity contribution in [3.8, 4) is 0 Å². The molecule has 11 heteroatoms. The van der Waals surface area contributed by atoms with Crippen molar-refractivity contribution in [2.75, 3.05) is 13.2 Å². The van der Waals surface area contributed by atoms with Gasteiger partial charge < -0.3 is 45.1 Å². The van der Waals surface area contributed by atoms with Gasteiger partial charge in [-0.1, -0.05) is 243 Å². The van der Waals surface area contributed by atoms with Crippen LogP contribution in [-0.4, -0.2) is 99.6 Å². The predicted molar refractivity (Wildman–Crippen MR) is 292 cm³/mol. The molecule has 0 saturated carbocycles. The Bertz CT molecular complexity index is 1290. The topological polar surface area (TPSA) is 175 Å². The Morgan fingerprint density at radius 3 is 1.46 bits per heavy atom. The minimum atomic E-state index is -1.61. The second-order valence-corrected chi connectivity index (χ2v) is 20.7. The van der Waals surface area contributed by atoms with Gasteiger partial charge in [0.1, 0.15) is 24.4 Å². The molecule has 8 atom stereocenters. The number of nitrogens with one attached hydrogen (secondary N) is 1. The Morgan fingerprint density at radius 2 is 0.972 bits per heavy atom. The van der Waals surface area contributed by atoms with Crippen LogP contribution in [0.2, 0.25) is 0 Å². The second kappa shape index (κ2) is 48.8. The van der Waals surface area contributed by atoms with Gasteiger partial charge >= 0.3 is 5.97 Å². The highest BCUT2D eigenvalue weighted by molar-refractivity contribution is 5.80. The summed E-state index contributed by atoms with van der Waals surface area (Å²) in [6.45, 7) is 5.76. The lowest BCUT2D eigenvalue weighted by molar-refractivity contribution is -0.305. The first-order valence-electron chi connectivity index (χ1n) is 29.8. The first-order valence-corrected chi connectivity index (χ1v) is 29.8. The number of hydrogen-bond acceptors (Lipinski definition) is 10. The van der Waals surface area contributed by atoms with Crippen molar-refractivity contribution in [3.63, 3.8) is 0 Å². The molecule has 1 amide bonds. The Hall–Kier alpha value is -2.12. The highest BCUT2D eigenvalue weighted by Crippen LogP contribution is 2.26. The summed E-state index contributed by atoms with van der Waals surface area (Å²) in [5.41, 5.74) is 0. The van der Waals surface area contributed by atoms with Crippen LogP contribution >= 0.6 is 0 Å². The Balaban J connectivity index is 2.69. The summed E-state index contributed by atoms with van der Waals surface area (Å²) in [6, 6.07) is -1.02. The zero-order valence-corrected chi connectivity index (χ0v) is 45.9. The van der Waals surface area contributed by atoms with E-state index in [9.17, 15) is 35.1 Å². The SMILES string of the molecule is CCCCC/C=C\C/C=C\CCCCCCCCCCC(O)C(=O)NC(COC1OC(CO)C(O)C(O)C1OC(=O)CCCCCCCCCCCCCCC)C(O)/C=C/CCCCCCCCCCC. The number of carbonyl (C=O) groups excluding carboxylic acids is 2. The highest BCUT2D eigenvalue weighted by atomic mass is 16.7. The normalized spacial score (nSPS) is 19.8. The smallest absolute Gasteiger partial charge is 0.306 e. The molecule has 1 heterocycles. The van der Waals surface area contributed by atoms with Gasteiger partial charge in [-0.05, 0) is 57.8 Å². The molecule has 8 unspecified atom stereocenters. The largest absolute Gasteiger partial charge is 0.454 e. The van der Waals surface area contributed by atoms with E-state index in [-0.39, 0.29) is 19.4 Å². The number of rotatable bonds is 50. The molecule has 6 N–H and O–H groups in total. The van der Waals surface area contributed by atoms with Gasteiger partial charge in [-0.15, -0.1) is 0 Å². The van der Waals surface area contributed by atoms with Crippen molar-refractivity contribution < 1.29 is 49.3 Å². The van der Waals surface area contributed by atoms with E-state index >= 15 is 0 Å². The summed E-state index contributed by atoms with van der Waals surface area (Å²) < 4.78 is 17.6. The number of ether oxygens (including phenoxy) is 3. The van der Waals surface area contributed by atoms with Crippen molar-refractivity contribution in [1.82, 2.24) is 5.32 Å². The van der Waals surface area contributed by atoms with Crippen LogP contribution in [0.3, 0.4) is 0 Å². The lowest BCUT2D eigenvalue weighted by atomic mass is 9.99. The highest BCUT2D eigenvalue weighted by Gasteiger charge is 2.47. The molecule has 416 valence electrons. The van der Waals surface area contributed by atoms with Crippen LogP contribution in [0.1, 0.15) is 271 Å². The van der Waals surface area contributed by atoms with E-state index in [1.807, 2.05) is 6.08 Å². The lowest BCUT2D eigenvalue weighted by Crippen LogP contribution is -2.61. The average molecular weight is 1010 g/mol. The van der Waals surface area contributed by atoms with E-state index in [1.54, 1.807) is 6.08 Å². The molecule has 0 aliphatic carbocycles. The standard InChI is InChI=1S/C60H111NO10/c1-4-7-10-13-16-19-22-24-25-26-27-28-30-32-35-38-41-44-47-53(64)59(68)61-51(52(63)46-43-40-37-34-31-21-18-15-12-9-6-3)50-69-60-58(57(67)56(66)54(49-62)70-60)71-55(65)48-45-42-39-36-33-29-23-20-17-14-11-8-5-2/h16,19,24-25,43,46,51-54,56-58,60,62-64,66-67H,4-15,17-18,20-23,26-42,44-45,47-50H2,1-3H3,(H,61,68)/b19-16-,25-24-,46-43+.